The molecule has 1 N–H and O–H groups in total. The summed E-state index contributed by atoms with van der Waals surface area (Å²) in [6.45, 7) is 0.534. The third-order valence-electron chi connectivity index (χ3n) is 4.44. The fourth-order valence-electron chi connectivity index (χ4n) is 3.25. The molecule has 0 spiro atoms. The summed E-state index contributed by atoms with van der Waals surface area (Å²) in [6, 6.07) is 0. The van der Waals surface area contributed by atoms with E-state index < -0.39 is 0 Å². The highest BCUT2D eigenvalue weighted by Crippen LogP contribution is 2.46. The minimum atomic E-state index is -0.219. The van der Waals surface area contributed by atoms with Gasteiger partial charge in [-0.1, -0.05) is 6.08 Å². The second-order valence-electron chi connectivity index (χ2n) is 5.63. The van der Waals surface area contributed by atoms with E-state index in [0.29, 0.717) is 18.7 Å². The number of likely N-dealkylation sites (tertiary alicyclic amines) is 1. The van der Waals surface area contributed by atoms with Gasteiger partial charge >= 0.3 is 0 Å². The fourth-order valence-corrected chi connectivity index (χ4v) is 3.25. The van der Waals surface area contributed by atoms with Gasteiger partial charge in [0.15, 0.2) is 0 Å². The lowest BCUT2D eigenvalue weighted by atomic mass is 9.77. The van der Waals surface area contributed by atoms with Crippen molar-refractivity contribution < 1.29 is 9.59 Å². The molecule has 6 heteroatoms. The van der Waals surface area contributed by atoms with E-state index in [1.807, 2.05) is 7.05 Å². The van der Waals surface area contributed by atoms with E-state index in [1.54, 1.807) is 4.90 Å². The van der Waals surface area contributed by atoms with Gasteiger partial charge in [0.2, 0.25) is 5.91 Å². The molecule has 1 fully saturated rings. The predicted octanol–water partition coefficient (Wildman–Crippen LogP) is 1.12. The van der Waals surface area contributed by atoms with Crippen molar-refractivity contribution in [2.45, 2.75) is 25.7 Å². The molecule has 0 aromatic carbocycles. The molecule has 21 heavy (non-hydrogen) atoms. The highest BCUT2D eigenvalue weighted by Gasteiger charge is 2.44. The first-order valence-corrected chi connectivity index (χ1v) is 7.14. The normalized spacial score (nSPS) is 24.5. The molecule has 1 aliphatic heterocycles. The number of hydrogen-bond acceptors (Lipinski definition) is 4. The maximum atomic E-state index is 12.1. The van der Waals surface area contributed by atoms with E-state index in [2.05, 4.69) is 21.4 Å². The van der Waals surface area contributed by atoms with E-state index in [4.69, 9.17) is 0 Å². The van der Waals surface area contributed by atoms with Gasteiger partial charge in [0.1, 0.15) is 5.69 Å². The van der Waals surface area contributed by atoms with Crippen molar-refractivity contribution >= 4 is 11.8 Å². The quantitative estimate of drug-likeness (QED) is 0.903. The number of allylic oxidation sites excluding steroid dienone is 1. The Bertz CT molecular complexity index is 599. The minimum absolute atomic E-state index is 0.111. The number of nitrogens with one attached hydrogen (secondary N) is 1. The van der Waals surface area contributed by atoms with E-state index in [-0.39, 0.29) is 17.2 Å². The van der Waals surface area contributed by atoms with Crippen LogP contribution >= 0.6 is 0 Å². The molecular weight excluding hydrogens is 268 g/mol. The number of hydrogen-bond donors (Lipinski definition) is 1. The zero-order chi connectivity index (χ0) is 14.9. The SMILES string of the molecule is CN1C(=O)CCC2(CNC(=O)c3cnccn3)CCC=C12. The van der Waals surface area contributed by atoms with Gasteiger partial charge in [-0.15, -0.1) is 0 Å². The Kier molecular flexibility index (Phi) is 3.45. The first kappa shape index (κ1) is 13.7. The van der Waals surface area contributed by atoms with Gasteiger partial charge < -0.3 is 10.2 Å². The summed E-state index contributed by atoms with van der Waals surface area (Å²) in [5.74, 6) is -0.0673. The lowest BCUT2D eigenvalue weighted by molar-refractivity contribution is -0.131. The summed E-state index contributed by atoms with van der Waals surface area (Å²) in [5.41, 5.74) is 1.26. The lowest BCUT2D eigenvalue weighted by Crippen LogP contribution is -2.46. The maximum absolute atomic E-state index is 12.1. The molecule has 2 amide bonds. The number of nitrogens with zero attached hydrogens (tertiary/aromatic N) is 3. The van der Waals surface area contributed by atoms with Crippen molar-refractivity contribution in [1.82, 2.24) is 20.2 Å². The summed E-state index contributed by atoms with van der Waals surface area (Å²) in [5, 5.41) is 2.95. The first-order chi connectivity index (χ1) is 10.1. The molecule has 1 unspecified atom stereocenters. The number of fused-ring (bicyclic) bond motifs is 1. The Morgan fingerprint density at radius 1 is 1.43 bits per heavy atom. The molecule has 0 saturated carbocycles. The minimum Gasteiger partial charge on any atom is -0.350 e. The van der Waals surface area contributed by atoms with Gasteiger partial charge in [-0.2, -0.15) is 0 Å². The molecule has 2 heterocycles. The van der Waals surface area contributed by atoms with E-state index in [0.717, 1.165) is 25.0 Å². The molecule has 110 valence electrons. The molecular formula is C15H18N4O2. The van der Waals surface area contributed by atoms with E-state index in [1.165, 1.54) is 18.6 Å². The largest absolute Gasteiger partial charge is 0.350 e. The summed E-state index contributed by atoms with van der Waals surface area (Å²) in [7, 11) is 1.82. The zero-order valence-electron chi connectivity index (χ0n) is 12.0. The van der Waals surface area contributed by atoms with Gasteiger partial charge in [-0.05, 0) is 19.3 Å². The van der Waals surface area contributed by atoms with Gasteiger partial charge in [0, 0.05) is 43.5 Å². The smallest absolute Gasteiger partial charge is 0.271 e. The van der Waals surface area contributed by atoms with Crippen molar-refractivity contribution in [3.63, 3.8) is 0 Å². The van der Waals surface area contributed by atoms with Crippen LogP contribution in [0, 0.1) is 5.41 Å². The maximum Gasteiger partial charge on any atom is 0.271 e. The fraction of sp³-hybridized carbons (Fsp3) is 0.467. The van der Waals surface area contributed by atoms with Crippen molar-refractivity contribution in [1.29, 1.82) is 0 Å². The number of rotatable bonds is 3. The standard InChI is InChI=1S/C15H18N4O2/c1-19-12-3-2-5-15(12,6-4-13(19)20)10-18-14(21)11-9-16-7-8-17-11/h3,7-9H,2,4-6,10H2,1H3,(H,18,21). The third kappa shape index (κ3) is 2.41. The Labute approximate surface area is 123 Å². The van der Waals surface area contributed by atoms with Crippen LogP contribution in [0.1, 0.15) is 36.2 Å². The van der Waals surface area contributed by atoms with Crippen LogP contribution in [0.4, 0.5) is 0 Å². The summed E-state index contributed by atoms with van der Waals surface area (Å²) >= 11 is 0. The average molecular weight is 286 g/mol. The van der Waals surface area contributed by atoms with Crippen molar-refractivity contribution in [2.75, 3.05) is 13.6 Å². The van der Waals surface area contributed by atoms with Gasteiger partial charge in [-0.25, -0.2) is 4.98 Å². The van der Waals surface area contributed by atoms with Crippen molar-refractivity contribution in [3.8, 4) is 0 Å². The Balaban J connectivity index is 1.71. The molecule has 1 atom stereocenters. The number of aromatic nitrogens is 2. The lowest BCUT2D eigenvalue weighted by Gasteiger charge is -2.41. The van der Waals surface area contributed by atoms with Gasteiger partial charge in [-0.3, -0.25) is 14.6 Å². The Hall–Kier alpha value is -2.24. The first-order valence-electron chi connectivity index (χ1n) is 7.14. The van der Waals surface area contributed by atoms with Crippen LogP contribution in [0.25, 0.3) is 0 Å². The second-order valence-corrected chi connectivity index (χ2v) is 5.63. The van der Waals surface area contributed by atoms with E-state index >= 15 is 0 Å². The summed E-state index contributed by atoms with van der Waals surface area (Å²) < 4.78 is 0. The highest BCUT2D eigenvalue weighted by atomic mass is 16.2. The summed E-state index contributed by atoms with van der Waals surface area (Å²) in [4.78, 5) is 33.6. The molecule has 1 saturated heterocycles. The molecule has 0 radical (unpaired) electrons. The Morgan fingerprint density at radius 2 is 2.29 bits per heavy atom. The number of carbonyl (C=O) groups is 2. The summed E-state index contributed by atoms with van der Waals surface area (Å²) in [6.07, 6.45) is 9.86. The molecule has 6 nitrogen and oxygen atoms in total. The molecule has 1 aromatic rings. The number of piperidine rings is 1. The molecule has 3 rings (SSSR count). The molecule has 1 aromatic heterocycles. The average Bonchev–Trinajstić information content (AvgIpc) is 2.95. The van der Waals surface area contributed by atoms with Gasteiger partial charge in [0.05, 0.1) is 6.20 Å². The predicted molar refractivity (Wildman–Crippen MR) is 76.1 cm³/mol. The van der Waals surface area contributed by atoms with Crippen LogP contribution in [0.5, 0.6) is 0 Å². The number of amides is 2. The third-order valence-corrected chi connectivity index (χ3v) is 4.44. The zero-order valence-corrected chi connectivity index (χ0v) is 12.0. The molecule has 2 aliphatic rings. The van der Waals surface area contributed by atoms with Crippen LogP contribution in [-0.2, 0) is 4.79 Å². The van der Waals surface area contributed by atoms with Crippen molar-refractivity contribution in [2.24, 2.45) is 5.41 Å². The van der Waals surface area contributed by atoms with E-state index in [9.17, 15) is 9.59 Å². The Morgan fingerprint density at radius 3 is 3.05 bits per heavy atom. The number of carbonyl (C=O) groups excluding carboxylic acids is 2. The molecule has 1 aliphatic carbocycles. The van der Waals surface area contributed by atoms with Crippen LogP contribution < -0.4 is 5.32 Å². The van der Waals surface area contributed by atoms with Crippen molar-refractivity contribution in [3.05, 3.63) is 36.1 Å². The van der Waals surface area contributed by atoms with Crippen LogP contribution in [0.15, 0.2) is 30.4 Å². The van der Waals surface area contributed by atoms with Crippen LogP contribution in [-0.4, -0.2) is 40.3 Å². The topological polar surface area (TPSA) is 75.2 Å². The van der Waals surface area contributed by atoms with Crippen LogP contribution in [0.2, 0.25) is 0 Å². The molecule has 0 bridgehead atoms. The second kappa shape index (κ2) is 5.27. The highest BCUT2D eigenvalue weighted by molar-refractivity contribution is 5.92. The van der Waals surface area contributed by atoms with Gasteiger partial charge in [0.25, 0.3) is 5.91 Å². The van der Waals surface area contributed by atoms with Crippen LogP contribution in [0.3, 0.4) is 0 Å². The monoisotopic (exact) mass is 286 g/mol.